The quantitative estimate of drug-likeness (QED) is 0.889. The molecular weight excluding hydrogens is 276 g/mol. The van der Waals surface area contributed by atoms with Crippen LogP contribution in [0.1, 0.15) is 40.0 Å². The van der Waals surface area contributed by atoms with Crippen LogP contribution >= 0.6 is 0 Å². The zero-order valence-electron chi connectivity index (χ0n) is 11.8. The van der Waals surface area contributed by atoms with E-state index < -0.39 is 0 Å². The van der Waals surface area contributed by atoms with Gasteiger partial charge in [0.25, 0.3) is 5.91 Å². The Balaban J connectivity index is 1.88. The topological polar surface area (TPSA) is 65.4 Å². The molecule has 4 nitrogen and oxygen atoms in total. The van der Waals surface area contributed by atoms with E-state index in [1.807, 2.05) is 42.5 Å². The number of benzene rings is 1. The Labute approximate surface area is 127 Å². The molecule has 0 bridgehead atoms. The van der Waals surface area contributed by atoms with Gasteiger partial charge in [0.15, 0.2) is 5.88 Å². The summed E-state index contributed by atoms with van der Waals surface area (Å²) in [5.74, 6) is -0.287. The van der Waals surface area contributed by atoms with Crippen LogP contribution in [-0.4, -0.2) is 21.7 Å². The number of hydrogen-bond acceptors (Lipinski definition) is 2. The van der Waals surface area contributed by atoms with E-state index in [9.17, 15) is 9.90 Å². The standard InChI is InChI=1S/C18H14N2O2/c21-17-13-14(16(20-17)12-9-5-2-6-10-12)18(22)19-15(13)11-7-3-1-4-8-11/h1-5,7-9,20-21H,6,10H2. The molecule has 0 radical (unpaired) electrons. The fraction of sp³-hybridized carbons (Fsp3) is 0.111. The Morgan fingerprint density at radius 2 is 1.95 bits per heavy atom. The highest BCUT2D eigenvalue weighted by molar-refractivity contribution is 6.29. The highest BCUT2D eigenvalue weighted by atomic mass is 16.3. The summed E-state index contributed by atoms with van der Waals surface area (Å²) >= 11 is 0. The van der Waals surface area contributed by atoms with E-state index in [4.69, 9.17) is 0 Å². The van der Waals surface area contributed by atoms with Crippen LogP contribution in [0.2, 0.25) is 0 Å². The molecule has 0 atom stereocenters. The van der Waals surface area contributed by atoms with Gasteiger partial charge in [0, 0.05) is 5.56 Å². The van der Waals surface area contributed by atoms with Crippen molar-refractivity contribution >= 4 is 17.2 Å². The number of H-pyrrole nitrogens is 1. The molecule has 1 aromatic carbocycles. The third kappa shape index (κ3) is 1.84. The number of nitrogens with zero attached hydrogens (tertiary/aromatic N) is 1. The molecule has 1 aliphatic carbocycles. The maximum atomic E-state index is 12.4. The molecule has 22 heavy (non-hydrogen) atoms. The third-order valence-electron chi connectivity index (χ3n) is 4.03. The smallest absolute Gasteiger partial charge is 0.280 e. The van der Waals surface area contributed by atoms with Crippen LogP contribution in [0.4, 0.5) is 0 Å². The summed E-state index contributed by atoms with van der Waals surface area (Å²) < 4.78 is 0. The van der Waals surface area contributed by atoms with E-state index in [2.05, 4.69) is 16.1 Å². The number of aromatic hydroxyl groups is 1. The van der Waals surface area contributed by atoms with Gasteiger partial charge in [0.1, 0.15) is 0 Å². The number of amides is 1. The number of carbonyl (C=O) groups excluding carboxylic acids is 1. The second-order valence-corrected chi connectivity index (χ2v) is 5.39. The molecule has 4 rings (SSSR count). The number of fused-ring (bicyclic) bond motifs is 1. The molecule has 0 fully saturated rings. The molecule has 2 N–H and O–H groups in total. The fourth-order valence-corrected chi connectivity index (χ4v) is 3.00. The molecule has 4 heteroatoms. The predicted octanol–water partition coefficient (Wildman–Crippen LogP) is 3.44. The maximum absolute atomic E-state index is 12.4. The molecule has 2 heterocycles. The van der Waals surface area contributed by atoms with E-state index in [1.165, 1.54) is 0 Å². The summed E-state index contributed by atoms with van der Waals surface area (Å²) in [6.07, 6.45) is 7.81. The van der Waals surface area contributed by atoms with Crippen molar-refractivity contribution in [3.8, 4) is 5.88 Å². The highest BCUT2D eigenvalue weighted by Crippen LogP contribution is 2.37. The minimum atomic E-state index is -0.296. The molecular formula is C18H14N2O2. The van der Waals surface area contributed by atoms with E-state index >= 15 is 0 Å². The largest absolute Gasteiger partial charge is 0.494 e. The molecule has 2 aliphatic rings. The Bertz CT molecular complexity index is 855. The van der Waals surface area contributed by atoms with Crippen molar-refractivity contribution in [2.45, 2.75) is 12.8 Å². The molecule has 0 saturated carbocycles. The van der Waals surface area contributed by atoms with Crippen molar-refractivity contribution in [2.75, 3.05) is 0 Å². The summed E-state index contributed by atoms with van der Waals surface area (Å²) in [5, 5.41) is 10.3. The van der Waals surface area contributed by atoms with Gasteiger partial charge in [-0.2, -0.15) is 0 Å². The monoisotopic (exact) mass is 290 g/mol. The van der Waals surface area contributed by atoms with Crippen LogP contribution in [0.25, 0.3) is 5.57 Å². The lowest BCUT2D eigenvalue weighted by Crippen LogP contribution is -1.99. The SMILES string of the molecule is O=C1N=C(c2ccccc2)c2c(O)[nH]c(C3=CC=CCC3)c21. The van der Waals surface area contributed by atoms with Crippen LogP contribution in [0.5, 0.6) is 5.88 Å². The average Bonchev–Trinajstić information content (AvgIpc) is 3.09. The first kappa shape index (κ1) is 12.8. The van der Waals surface area contributed by atoms with Gasteiger partial charge in [-0.3, -0.25) is 4.79 Å². The molecule has 0 unspecified atom stereocenters. The maximum Gasteiger partial charge on any atom is 0.280 e. The predicted molar refractivity (Wildman–Crippen MR) is 85.2 cm³/mol. The van der Waals surface area contributed by atoms with Gasteiger partial charge in [-0.05, 0) is 18.4 Å². The summed E-state index contributed by atoms with van der Waals surface area (Å²) in [6, 6.07) is 9.45. The van der Waals surface area contributed by atoms with Crippen LogP contribution in [-0.2, 0) is 0 Å². The molecule has 1 aliphatic heterocycles. The van der Waals surface area contributed by atoms with Crippen molar-refractivity contribution < 1.29 is 9.90 Å². The molecule has 2 aromatic rings. The van der Waals surface area contributed by atoms with Crippen molar-refractivity contribution in [1.82, 2.24) is 4.98 Å². The summed E-state index contributed by atoms with van der Waals surface area (Å²) in [5.41, 5.74) is 4.08. The highest BCUT2D eigenvalue weighted by Gasteiger charge is 2.33. The van der Waals surface area contributed by atoms with Gasteiger partial charge < -0.3 is 10.1 Å². The van der Waals surface area contributed by atoms with Crippen LogP contribution < -0.4 is 0 Å². The lowest BCUT2D eigenvalue weighted by Gasteiger charge is -2.07. The second kappa shape index (κ2) is 4.84. The number of rotatable bonds is 2. The number of aliphatic imine (C=N–C) groups is 1. The van der Waals surface area contributed by atoms with Crippen molar-refractivity contribution in [1.29, 1.82) is 0 Å². The second-order valence-electron chi connectivity index (χ2n) is 5.39. The average molecular weight is 290 g/mol. The summed E-state index contributed by atoms with van der Waals surface area (Å²) in [6.45, 7) is 0. The fourth-order valence-electron chi connectivity index (χ4n) is 3.00. The first-order valence-electron chi connectivity index (χ1n) is 7.25. The van der Waals surface area contributed by atoms with E-state index in [0.717, 1.165) is 24.0 Å². The number of nitrogens with one attached hydrogen (secondary N) is 1. The van der Waals surface area contributed by atoms with E-state index in [1.54, 1.807) is 0 Å². The third-order valence-corrected chi connectivity index (χ3v) is 4.03. The minimum absolute atomic E-state index is 0.00825. The Morgan fingerprint density at radius 1 is 1.14 bits per heavy atom. The van der Waals surface area contributed by atoms with Gasteiger partial charge in [-0.15, -0.1) is 0 Å². The minimum Gasteiger partial charge on any atom is -0.494 e. The molecule has 1 amide bonds. The van der Waals surface area contributed by atoms with Crippen LogP contribution in [0.15, 0.2) is 53.6 Å². The Kier molecular flexibility index (Phi) is 2.82. The lowest BCUT2D eigenvalue weighted by atomic mass is 9.96. The summed E-state index contributed by atoms with van der Waals surface area (Å²) in [7, 11) is 0. The first-order valence-corrected chi connectivity index (χ1v) is 7.25. The lowest BCUT2D eigenvalue weighted by molar-refractivity contribution is 0.101. The summed E-state index contributed by atoms with van der Waals surface area (Å²) in [4.78, 5) is 19.5. The Morgan fingerprint density at radius 3 is 2.68 bits per heavy atom. The van der Waals surface area contributed by atoms with Gasteiger partial charge in [0.2, 0.25) is 0 Å². The van der Waals surface area contributed by atoms with Crippen LogP contribution in [0.3, 0.4) is 0 Å². The van der Waals surface area contributed by atoms with Crippen LogP contribution in [0, 0.1) is 0 Å². The van der Waals surface area contributed by atoms with Gasteiger partial charge in [0.05, 0.1) is 22.5 Å². The number of aromatic nitrogens is 1. The number of aromatic amines is 1. The Hall–Kier alpha value is -2.88. The van der Waals surface area contributed by atoms with Crippen molar-refractivity contribution in [3.63, 3.8) is 0 Å². The van der Waals surface area contributed by atoms with Crippen molar-refractivity contribution in [3.05, 3.63) is 70.9 Å². The zero-order valence-corrected chi connectivity index (χ0v) is 11.8. The molecule has 0 spiro atoms. The molecule has 108 valence electrons. The number of hydrogen-bond donors (Lipinski definition) is 2. The number of carbonyl (C=O) groups is 1. The van der Waals surface area contributed by atoms with E-state index in [0.29, 0.717) is 22.5 Å². The van der Waals surface area contributed by atoms with E-state index in [-0.39, 0.29) is 11.8 Å². The number of allylic oxidation sites excluding steroid dienone is 4. The van der Waals surface area contributed by atoms with Gasteiger partial charge >= 0.3 is 0 Å². The molecule has 1 aromatic heterocycles. The van der Waals surface area contributed by atoms with Gasteiger partial charge in [-0.25, -0.2) is 4.99 Å². The normalized spacial score (nSPS) is 16.5. The van der Waals surface area contributed by atoms with Crippen molar-refractivity contribution in [2.24, 2.45) is 4.99 Å². The first-order chi connectivity index (χ1) is 10.8. The molecule has 0 saturated heterocycles. The van der Waals surface area contributed by atoms with Gasteiger partial charge in [-0.1, -0.05) is 48.6 Å². The zero-order chi connectivity index (χ0) is 15.1.